The first-order chi connectivity index (χ1) is 4.79. The quantitative estimate of drug-likeness (QED) is 0.611. The van der Waals surface area contributed by atoms with E-state index < -0.39 is 6.10 Å². The normalized spacial score (nSPS) is 23.2. The van der Waals surface area contributed by atoms with Crippen molar-refractivity contribution in [3.05, 3.63) is 17.2 Å². The van der Waals surface area contributed by atoms with Crippen molar-refractivity contribution in [3.63, 3.8) is 0 Å². The summed E-state index contributed by atoms with van der Waals surface area (Å²) >= 11 is 5.74. The van der Waals surface area contributed by atoms with Gasteiger partial charge in [0.2, 0.25) is 0 Å². The highest BCUT2D eigenvalue weighted by molar-refractivity contribution is 6.29. The van der Waals surface area contributed by atoms with Gasteiger partial charge in [-0.1, -0.05) is 11.6 Å². The molecule has 0 spiro atoms. The molecule has 2 rings (SSSR count). The molecule has 0 fully saturated rings. The molecule has 4 heteroatoms. The molecule has 0 aliphatic carbocycles. The summed E-state index contributed by atoms with van der Waals surface area (Å²) in [5.74, 6) is 0.699. The molecule has 0 saturated heterocycles. The first kappa shape index (κ1) is 6.19. The van der Waals surface area contributed by atoms with Gasteiger partial charge in [-0.25, -0.2) is 4.98 Å². The number of halogens is 1. The first-order valence-corrected chi connectivity index (χ1v) is 3.56. The van der Waals surface area contributed by atoms with Crippen LogP contribution in [-0.2, 0) is 6.54 Å². The Kier molecular flexibility index (Phi) is 1.22. The highest BCUT2D eigenvalue weighted by Gasteiger charge is 2.22. The van der Waals surface area contributed by atoms with Crippen LogP contribution in [0.5, 0.6) is 0 Å². The van der Waals surface area contributed by atoms with E-state index in [2.05, 4.69) is 4.98 Å². The van der Waals surface area contributed by atoms with Gasteiger partial charge in [0.15, 0.2) is 0 Å². The summed E-state index contributed by atoms with van der Waals surface area (Å²) in [6, 6.07) is 0. The fourth-order valence-corrected chi connectivity index (χ4v) is 1.46. The lowest BCUT2D eigenvalue weighted by Crippen LogP contribution is -1.93. The molecule has 1 N–H and O–H groups in total. The molecule has 0 amide bonds. The maximum Gasteiger partial charge on any atom is 0.138 e. The largest absolute Gasteiger partial charge is 0.385 e. The van der Waals surface area contributed by atoms with E-state index >= 15 is 0 Å². The van der Waals surface area contributed by atoms with E-state index in [4.69, 9.17) is 11.6 Å². The maximum atomic E-state index is 9.25. The number of rotatable bonds is 0. The van der Waals surface area contributed by atoms with Gasteiger partial charge in [-0.15, -0.1) is 0 Å². The number of aliphatic hydroxyl groups excluding tert-OH is 1. The number of aliphatic hydroxyl groups is 1. The predicted molar refractivity (Wildman–Crippen MR) is 36.8 cm³/mol. The number of nitrogens with zero attached hydrogens (tertiary/aromatic N) is 2. The van der Waals surface area contributed by atoms with Crippen LogP contribution >= 0.6 is 11.6 Å². The van der Waals surface area contributed by atoms with E-state index in [9.17, 15) is 5.11 Å². The van der Waals surface area contributed by atoms with E-state index in [0.717, 1.165) is 13.0 Å². The summed E-state index contributed by atoms with van der Waals surface area (Å²) in [6.07, 6.45) is 1.90. The van der Waals surface area contributed by atoms with Crippen LogP contribution in [0.1, 0.15) is 18.3 Å². The molecule has 10 heavy (non-hydrogen) atoms. The molecule has 0 aromatic carbocycles. The van der Waals surface area contributed by atoms with Crippen molar-refractivity contribution in [2.45, 2.75) is 19.1 Å². The Bertz CT molecular complexity index is 258. The topological polar surface area (TPSA) is 38.0 Å². The molecule has 1 atom stereocenters. The number of imidazole rings is 1. The fraction of sp³-hybridized carbons (Fsp3) is 0.500. The highest BCUT2D eigenvalue weighted by atomic mass is 35.5. The van der Waals surface area contributed by atoms with Crippen molar-refractivity contribution in [2.24, 2.45) is 0 Å². The van der Waals surface area contributed by atoms with E-state index in [0.29, 0.717) is 11.0 Å². The molecule has 0 saturated carbocycles. The second-order valence-corrected chi connectivity index (χ2v) is 2.78. The summed E-state index contributed by atoms with van der Waals surface area (Å²) < 4.78 is 1.83. The maximum absolute atomic E-state index is 9.25. The van der Waals surface area contributed by atoms with E-state index in [1.165, 1.54) is 0 Å². The molecule has 0 bridgehead atoms. The number of hydrogen-bond donors (Lipinski definition) is 1. The zero-order valence-corrected chi connectivity index (χ0v) is 6.04. The lowest BCUT2D eigenvalue weighted by atomic mass is 10.3. The van der Waals surface area contributed by atoms with Crippen molar-refractivity contribution in [1.82, 2.24) is 9.55 Å². The Hall–Kier alpha value is -0.540. The van der Waals surface area contributed by atoms with Gasteiger partial charge in [0.1, 0.15) is 17.1 Å². The molecule has 1 aromatic rings. The van der Waals surface area contributed by atoms with E-state index in [1.807, 2.05) is 4.57 Å². The van der Waals surface area contributed by atoms with Crippen molar-refractivity contribution in [2.75, 3.05) is 0 Å². The van der Waals surface area contributed by atoms with Crippen LogP contribution in [0.2, 0.25) is 5.15 Å². The Balaban J connectivity index is 2.53. The fourth-order valence-electron chi connectivity index (χ4n) is 1.24. The lowest BCUT2D eigenvalue weighted by Gasteiger charge is -1.95. The lowest BCUT2D eigenvalue weighted by molar-refractivity contribution is 0.175. The summed E-state index contributed by atoms with van der Waals surface area (Å²) in [5, 5.41) is 9.87. The molecule has 1 unspecified atom stereocenters. The summed E-state index contributed by atoms with van der Waals surface area (Å²) in [7, 11) is 0. The van der Waals surface area contributed by atoms with Gasteiger partial charge < -0.3 is 9.67 Å². The Morgan fingerprint density at radius 1 is 1.80 bits per heavy atom. The molecule has 1 aliphatic heterocycles. The zero-order valence-electron chi connectivity index (χ0n) is 5.29. The van der Waals surface area contributed by atoms with Gasteiger partial charge in [-0.05, 0) is 6.42 Å². The van der Waals surface area contributed by atoms with Gasteiger partial charge in [0, 0.05) is 6.54 Å². The van der Waals surface area contributed by atoms with Gasteiger partial charge in [-0.2, -0.15) is 0 Å². The molecule has 2 heterocycles. The zero-order chi connectivity index (χ0) is 7.14. The van der Waals surface area contributed by atoms with Crippen LogP contribution in [0.25, 0.3) is 0 Å². The van der Waals surface area contributed by atoms with Crippen LogP contribution < -0.4 is 0 Å². The average Bonchev–Trinajstić information content (AvgIpc) is 2.41. The molecule has 0 radical (unpaired) electrons. The monoisotopic (exact) mass is 158 g/mol. The molecular weight excluding hydrogens is 152 g/mol. The average molecular weight is 159 g/mol. The standard InChI is InChI=1S/C6H7ClN2O/c7-5-3-8-6-4(10)1-2-9(5)6/h3-4,10H,1-2H2. The van der Waals surface area contributed by atoms with Crippen LogP contribution in [0, 0.1) is 0 Å². The minimum absolute atomic E-state index is 0.410. The second-order valence-electron chi connectivity index (χ2n) is 2.40. The number of hydrogen-bond acceptors (Lipinski definition) is 2. The van der Waals surface area contributed by atoms with Gasteiger partial charge in [-0.3, -0.25) is 0 Å². The third-order valence-corrected chi connectivity index (χ3v) is 2.06. The Morgan fingerprint density at radius 2 is 2.60 bits per heavy atom. The minimum atomic E-state index is -0.410. The van der Waals surface area contributed by atoms with Gasteiger partial charge in [0.25, 0.3) is 0 Å². The van der Waals surface area contributed by atoms with Crippen LogP contribution in [0.15, 0.2) is 6.20 Å². The smallest absolute Gasteiger partial charge is 0.138 e. The summed E-state index contributed by atoms with van der Waals surface area (Å²) in [6.45, 7) is 0.787. The molecule has 1 aromatic heterocycles. The van der Waals surface area contributed by atoms with Crippen LogP contribution in [0.3, 0.4) is 0 Å². The molecule has 54 valence electrons. The van der Waals surface area contributed by atoms with E-state index in [1.54, 1.807) is 6.20 Å². The van der Waals surface area contributed by atoms with Gasteiger partial charge >= 0.3 is 0 Å². The van der Waals surface area contributed by atoms with Crippen molar-refractivity contribution in [3.8, 4) is 0 Å². The van der Waals surface area contributed by atoms with Crippen LogP contribution in [-0.4, -0.2) is 14.7 Å². The predicted octanol–water partition coefficient (Wildman–Crippen LogP) is 0.974. The summed E-state index contributed by atoms with van der Waals surface area (Å²) in [4.78, 5) is 3.96. The van der Waals surface area contributed by atoms with Crippen LogP contribution in [0.4, 0.5) is 0 Å². The Labute approximate surface area is 63.3 Å². The third kappa shape index (κ3) is 0.676. The van der Waals surface area contributed by atoms with Crippen molar-refractivity contribution in [1.29, 1.82) is 0 Å². The Morgan fingerprint density at radius 3 is 3.30 bits per heavy atom. The SMILES string of the molecule is OC1CCn2c(Cl)cnc21. The summed E-state index contributed by atoms with van der Waals surface area (Å²) in [5.41, 5.74) is 0. The molecule has 1 aliphatic rings. The van der Waals surface area contributed by atoms with Gasteiger partial charge in [0.05, 0.1) is 6.20 Å². The first-order valence-electron chi connectivity index (χ1n) is 3.18. The molecule has 3 nitrogen and oxygen atoms in total. The highest BCUT2D eigenvalue weighted by Crippen LogP contribution is 2.27. The third-order valence-electron chi connectivity index (χ3n) is 1.76. The second kappa shape index (κ2) is 1.97. The van der Waals surface area contributed by atoms with Crippen molar-refractivity contribution < 1.29 is 5.11 Å². The minimum Gasteiger partial charge on any atom is -0.385 e. The van der Waals surface area contributed by atoms with Crippen molar-refractivity contribution >= 4 is 11.6 Å². The number of fused-ring (bicyclic) bond motifs is 1. The molecular formula is C6H7ClN2O. The number of aromatic nitrogens is 2. The van der Waals surface area contributed by atoms with E-state index in [-0.39, 0.29) is 0 Å².